The van der Waals surface area contributed by atoms with Gasteiger partial charge in [0.25, 0.3) is 5.56 Å². The Morgan fingerprint density at radius 3 is 2.40 bits per heavy atom. The minimum absolute atomic E-state index is 0.343. The predicted octanol–water partition coefficient (Wildman–Crippen LogP) is 4.21. The predicted molar refractivity (Wildman–Crippen MR) is 101 cm³/mol. The lowest BCUT2D eigenvalue weighted by Crippen LogP contribution is -2.44. The molecule has 130 valence electrons. The topological polar surface area (TPSA) is 72.2 Å². The van der Waals surface area contributed by atoms with E-state index in [4.69, 9.17) is 11.6 Å². The summed E-state index contributed by atoms with van der Waals surface area (Å²) in [5.74, 6) is -0.701. The molecule has 0 unspecified atom stereocenters. The first-order chi connectivity index (χ1) is 11.6. The van der Waals surface area contributed by atoms with Crippen LogP contribution in [0.5, 0.6) is 0 Å². The Bertz CT molecular complexity index is 1050. The summed E-state index contributed by atoms with van der Waals surface area (Å²) >= 11 is 7.39. The van der Waals surface area contributed by atoms with E-state index >= 15 is 0 Å². The third-order valence-electron chi connectivity index (χ3n) is 4.28. The van der Waals surface area contributed by atoms with Gasteiger partial charge in [0, 0.05) is 15.5 Å². The molecule has 3 aromatic rings. The average Bonchev–Trinajstić information content (AvgIpc) is 2.84. The highest BCUT2D eigenvalue weighted by atomic mass is 35.5. The molecule has 25 heavy (non-hydrogen) atoms. The van der Waals surface area contributed by atoms with Crippen LogP contribution in [0.4, 0.5) is 0 Å². The second kappa shape index (κ2) is 5.97. The maximum Gasteiger partial charge on any atom is 0.329 e. The van der Waals surface area contributed by atoms with E-state index in [2.05, 4.69) is 4.98 Å². The molecule has 2 aromatic heterocycles. The molecule has 0 saturated carbocycles. The number of rotatable bonds is 3. The molecular formula is C18H17ClN2O3S. The van der Waals surface area contributed by atoms with E-state index in [0.717, 1.165) is 16.0 Å². The van der Waals surface area contributed by atoms with Crippen molar-refractivity contribution in [2.24, 2.45) is 0 Å². The molecule has 0 spiro atoms. The lowest BCUT2D eigenvalue weighted by atomic mass is 10.0. The second-order valence-electron chi connectivity index (χ2n) is 6.38. The number of nitrogens with zero attached hydrogens (tertiary/aromatic N) is 2. The third kappa shape index (κ3) is 2.75. The molecule has 2 heterocycles. The minimum atomic E-state index is -1.39. The molecule has 1 aromatic carbocycles. The zero-order valence-corrected chi connectivity index (χ0v) is 15.8. The first-order valence-corrected chi connectivity index (χ1v) is 8.86. The van der Waals surface area contributed by atoms with Gasteiger partial charge in [-0.3, -0.25) is 9.36 Å². The van der Waals surface area contributed by atoms with E-state index in [0.29, 0.717) is 21.1 Å². The highest BCUT2D eigenvalue weighted by Gasteiger charge is 2.33. The SMILES string of the molecule is Cc1sc2nc(C)n(C(C)(C)C(=O)O)c(=O)c2c1-c1ccc(Cl)cc1. The minimum Gasteiger partial charge on any atom is -0.480 e. The summed E-state index contributed by atoms with van der Waals surface area (Å²) in [6, 6.07) is 7.23. The Hall–Kier alpha value is -2.18. The zero-order chi connectivity index (χ0) is 18.5. The summed E-state index contributed by atoms with van der Waals surface area (Å²) < 4.78 is 1.25. The summed E-state index contributed by atoms with van der Waals surface area (Å²) in [7, 11) is 0. The van der Waals surface area contributed by atoms with E-state index in [1.54, 1.807) is 19.1 Å². The lowest BCUT2D eigenvalue weighted by molar-refractivity contribution is -0.145. The number of halogens is 1. The van der Waals surface area contributed by atoms with Crippen molar-refractivity contribution < 1.29 is 9.90 Å². The van der Waals surface area contributed by atoms with Crippen LogP contribution in [0.2, 0.25) is 5.02 Å². The fourth-order valence-electron chi connectivity index (χ4n) is 2.98. The van der Waals surface area contributed by atoms with Crippen LogP contribution < -0.4 is 5.56 Å². The van der Waals surface area contributed by atoms with Gasteiger partial charge in [-0.15, -0.1) is 11.3 Å². The summed E-state index contributed by atoms with van der Waals surface area (Å²) in [4.78, 5) is 30.9. The number of fused-ring (bicyclic) bond motifs is 1. The third-order valence-corrected chi connectivity index (χ3v) is 5.54. The van der Waals surface area contributed by atoms with Gasteiger partial charge in [-0.25, -0.2) is 9.78 Å². The summed E-state index contributed by atoms with van der Waals surface area (Å²) in [5, 5.41) is 10.6. The Morgan fingerprint density at radius 2 is 1.84 bits per heavy atom. The fraction of sp³-hybridized carbons (Fsp3) is 0.278. The van der Waals surface area contributed by atoms with Crippen molar-refractivity contribution >= 4 is 39.1 Å². The van der Waals surface area contributed by atoms with Crippen LogP contribution in [0.3, 0.4) is 0 Å². The first-order valence-electron chi connectivity index (χ1n) is 7.67. The van der Waals surface area contributed by atoms with Crippen LogP contribution in [0.1, 0.15) is 24.5 Å². The van der Waals surface area contributed by atoms with Crippen LogP contribution in [-0.2, 0) is 10.3 Å². The molecule has 1 N–H and O–H groups in total. The molecule has 0 saturated heterocycles. The van der Waals surface area contributed by atoms with Crippen molar-refractivity contribution in [1.29, 1.82) is 0 Å². The normalized spacial score (nSPS) is 11.9. The number of hydrogen-bond acceptors (Lipinski definition) is 4. The number of aromatic nitrogens is 2. The van der Waals surface area contributed by atoms with Crippen LogP contribution in [0, 0.1) is 13.8 Å². The molecule has 0 amide bonds. The molecule has 0 aliphatic rings. The molecule has 0 radical (unpaired) electrons. The van der Waals surface area contributed by atoms with E-state index < -0.39 is 11.5 Å². The number of aryl methyl sites for hydroxylation is 2. The molecular weight excluding hydrogens is 360 g/mol. The van der Waals surface area contributed by atoms with Gasteiger partial charge in [0.1, 0.15) is 16.2 Å². The number of thiophene rings is 1. The van der Waals surface area contributed by atoms with Crippen molar-refractivity contribution in [3.63, 3.8) is 0 Å². The first kappa shape index (κ1) is 17.6. The summed E-state index contributed by atoms with van der Waals surface area (Å²) in [6.07, 6.45) is 0. The standard InChI is InChI=1S/C18H17ClN2O3S/c1-9-13(11-5-7-12(19)8-6-11)14-15(25-9)20-10(2)21(16(14)22)18(3,4)17(23)24/h5-8H,1-4H3,(H,23,24). The van der Waals surface area contributed by atoms with Crippen LogP contribution in [-0.4, -0.2) is 20.6 Å². The van der Waals surface area contributed by atoms with E-state index in [1.807, 2.05) is 19.1 Å². The molecule has 0 bridgehead atoms. The van der Waals surface area contributed by atoms with Gasteiger partial charge in [0.2, 0.25) is 0 Å². The zero-order valence-electron chi connectivity index (χ0n) is 14.3. The molecule has 5 nitrogen and oxygen atoms in total. The quantitative estimate of drug-likeness (QED) is 0.743. The highest BCUT2D eigenvalue weighted by Crippen LogP contribution is 2.36. The Labute approximate surface area is 153 Å². The van der Waals surface area contributed by atoms with Gasteiger partial charge in [-0.2, -0.15) is 0 Å². The Morgan fingerprint density at radius 1 is 1.24 bits per heavy atom. The second-order valence-corrected chi connectivity index (χ2v) is 8.02. The maximum atomic E-state index is 13.2. The lowest BCUT2D eigenvalue weighted by Gasteiger charge is -2.24. The Kier molecular flexibility index (Phi) is 4.21. The average molecular weight is 377 g/mol. The van der Waals surface area contributed by atoms with Gasteiger partial charge in [-0.05, 0) is 45.4 Å². The molecule has 3 rings (SSSR count). The van der Waals surface area contributed by atoms with Crippen LogP contribution >= 0.6 is 22.9 Å². The maximum absolute atomic E-state index is 13.2. The van der Waals surface area contributed by atoms with E-state index in [9.17, 15) is 14.7 Å². The molecule has 7 heteroatoms. The van der Waals surface area contributed by atoms with Gasteiger partial charge < -0.3 is 5.11 Å². The molecule has 0 atom stereocenters. The van der Waals surface area contributed by atoms with Crippen molar-refractivity contribution in [1.82, 2.24) is 9.55 Å². The van der Waals surface area contributed by atoms with Crippen LogP contribution in [0.25, 0.3) is 21.3 Å². The summed E-state index contributed by atoms with van der Waals surface area (Å²) in [5.41, 5.74) is -0.0981. The molecule has 0 aliphatic carbocycles. The van der Waals surface area contributed by atoms with Crippen molar-refractivity contribution in [2.75, 3.05) is 0 Å². The van der Waals surface area contributed by atoms with Crippen molar-refractivity contribution in [3.8, 4) is 11.1 Å². The molecule has 0 aliphatic heterocycles. The molecule has 0 fully saturated rings. The number of carbonyl (C=O) groups is 1. The Balaban J connectivity index is 2.42. The van der Waals surface area contributed by atoms with Gasteiger partial charge in [0.05, 0.1) is 5.39 Å². The monoisotopic (exact) mass is 376 g/mol. The number of carboxylic acid groups (broad SMARTS) is 1. The van der Waals surface area contributed by atoms with Gasteiger partial charge >= 0.3 is 5.97 Å². The van der Waals surface area contributed by atoms with E-state index in [-0.39, 0.29) is 5.56 Å². The van der Waals surface area contributed by atoms with Crippen molar-refractivity contribution in [2.45, 2.75) is 33.2 Å². The fourth-order valence-corrected chi connectivity index (χ4v) is 4.19. The largest absolute Gasteiger partial charge is 0.480 e. The van der Waals surface area contributed by atoms with Gasteiger partial charge in [-0.1, -0.05) is 23.7 Å². The van der Waals surface area contributed by atoms with Gasteiger partial charge in [0.15, 0.2) is 0 Å². The van der Waals surface area contributed by atoms with Crippen molar-refractivity contribution in [3.05, 3.63) is 50.3 Å². The number of benzene rings is 1. The van der Waals surface area contributed by atoms with E-state index in [1.165, 1.54) is 29.8 Å². The number of hydrogen-bond donors (Lipinski definition) is 1. The highest BCUT2D eigenvalue weighted by molar-refractivity contribution is 7.19. The number of carboxylic acids is 1. The van der Waals surface area contributed by atoms with Crippen LogP contribution in [0.15, 0.2) is 29.1 Å². The smallest absolute Gasteiger partial charge is 0.329 e. The number of aliphatic carboxylic acids is 1. The summed E-state index contributed by atoms with van der Waals surface area (Å²) in [6.45, 7) is 6.58.